The van der Waals surface area contributed by atoms with Crippen molar-refractivity contribution >= 4 is 10.0 Å². The van der Waals surface area contributed by atoms with E-state index >= 15 is 0 Å². The van der Waals surface area contributed by atoms with Crippen molar-refractivity contribution in [1.29, 1.82) is 5.26 Å². The van der Waals surface area contributed by atoms with E-state index in [-0.39, 0.29) is 30.1 Å². The predicted molar refractivity (Wildman–Crippen MR) is 128 cm³/mol. The van der Waals surface area contributed by atoms with Crippen molar-refractivity contribution in [1.82, 2.24) is 9.21 Å². The zero-order valence-electron chi connectivity index (χ0n) is 19.7. The molecule has 178 valence electrons. The zero-order valence-corrected chi connectivity index (χ0v) is 20.5. The van der Waals surface area contributed by atoms with E-state index in [0.717, 1.165) is 24.1 Å². The van der Waals surface area contributed by atoms with Crippen LogP contribution in [0, 0.1) is 17.2 Å². The van der Waals surface area contributed by atoms with Crippen molar-refractivity contribution in [3.63, 3.8) is 0 Å². The first-order chi connectivity index (χ1) is 15.7. The Kier molecular flexibility index (Phi) is 8.14. The minimum atomic E-state index is -3.87. The monoisotopic (exact) mass is 471 g/mol. The summed E-state index contributed by atoms with van der Waals surface area (Å²) in [6, 6.07) is 13.8. The van der Waals surface area contributed by atoms with Gasteiger partial charge in [0.2, 0.25) is 10.0 Å². The highest BCUT2D eigenvalue weighted by Crippen LogP contribution is 2.36. The lowest BCUT2D eigenvalue weighted by molar-refractivity contribution is 0.0753. The summed E-state index contributed by atoms with van der Waals surface area (Å²) >= 11 is 0. The second-order valence-corrected chi connectivity index (χ2v) is 10.7. The molecule has 0 aromatic heterocycles. The number of likely N-dealkylation sites (N-methyl/N-ethyl adjacent to an activating group) is 1. The van der Waals surface area contributed by atoms with Crippen molar-refractivity contribution < 1.29 is 18.3 Å². The van der Waals surface area contributed by atoms with Crippen molar-refractivity contribution in [3.8, 4) is 22.9 Å². The van der Waals surface area contributed by atoms with Crippen LogP contribution >= 0.6 is 0 Å². The number of hydrogen-bond acceptors (Lipinski definition) is 6. The molecule has 33 heavy (non-hydrogen) atoms. The molecule has 0 radical (unpaired) electrons. The van der Waals surface area contributed by atoms with E-state index in [4.69, 9.17) is 10.00 Å². The van der Waals surface area contributed by atoms with E-state index in [0.29, 0.717) is 17.9 Å². The van der Waals surface area contributed by atoms with E-state index < -0.39 is 16.1 Å². The van der Waals surface area contributed by atoms with Gasteiger partial charge in [0.15, 0.2) is 0 Å². The third-order valence-corrected chi connectivity index (χ3v) is 8.13. The molecule has 1 N–H and O–H groups in total. The Bertz CT molecular complexity index is 1100. The van der Waals surface area contributed by atoms with Crippen molar-refractivity contribution in [2.75, 3.05) is 33.3 Å². The molecule has 8 heteroatoms. The number of aliphatic hydroxyl groups excluding tert-OH is 1. The van der Waals surface area contributed by atoms with Gasteiger partial charge in [0.25, 0.3) is 0 Å². The van der Waals surface area contributed by atoms with Crippen molar-refractivity contribution in [3.05, 3.63) is 48.0 Å². The van der Waals surface area contributed by atoms with Gasteiger partial charge >= 0.3 is 0 Å². The van der Waals surface area contributed by atoms with Crippen LogP contribution in [0.2, 0.25) is 0 Å². The summed E-state index contributed by atoms with van der Waals surface area (Å²) in [5.74, 6) is 0.230. The van der Waals surface area contributed by atoms with E-state index in [1.54, 1.807) is 37.3 Å². The molecule has 0 aliphatic carbocycles. The third-order valence-electron chi connectivity index (χ3n) is 6.11. The average molecular weight is 472 g/mol. The minimum absolute atomic E-state index is 0.0835. The molecule has 2 aromatic rings. The molecule has 0 fully saturated rings. The summed E-state index contributed by atoms with van der Waals surface area (Å²) < 4.78 is 35.0. The number of nitrogens with zero attached hydrogens (tertiary/aromatic N) is 3. The van der Waals surface area contributed by atoms with Crippen LogP contribution in [0.5, 0.6) is 5.75 Å². The van der Waals surface area contributed by atoms with Gasteiger partial charge in [-0.15, -0.1) is 0 Å². The zero-order chi connectivity index (χ0) is 24.2. The van der Waals surface area contributed by atoms with Gasteiger partial charge in [-0.25, -0.2) is 8.42 Å². The van der Waals surface area contributed by atoms with Gasteiger partial charge in [-0.2, -0.15) is 9.57 Å². The number of rotatable bonds is 7. The lowest BCUT2D eigenvalue weighted by Crippen LogP contribution is -2.49. The fourth-order valence-electron chi connectivity index (χ4n) is 4.14. The Morgan fingerprint density at radius 2 is 1.91 bits per heavy atom. The van der Waals surface area contributed by atoms with Gasteiger partial charge in [0, 0.05) is 25.0 Å². The second kappa shape index (κ2) is 10.7. The summed E-state index contributed by atoms with van der Waals surface area (Å²) in [7, 11) is -1.83. The molecule has 0 unspecified atom stereocenters. The second-order valence-electron chi connectivity index (χ2n) is 8.85. The van der Waals surface area contributed by atoms with Crippen LogP contribution in [-0.4, -0.2) is 68.2 Å². The molecule has 1 aliphatic heterocycles. The molecule has 3 atom stereocenters. The molecule has 0 saturated carbocycles. The Labute approximate surface area is 197 Å². The summed E-state index contributed by atoms with van der Waals surface area (Å²) in [5, 5.41) is 18.8. The first-order valence-electron chi connectivity index (χ1n) is 11.3. The highest BCUT2D eigenvalue weighted by Gasteiger charge is 2.38. The van der Waals surface area contributed by atoms with Crippen LogP contribution in [0.15, 0.2) is 47.4 Å². The highest BCUT2D eigenvalue weighted by atomic mass is 32.2. The van der Waals surface area contributed by atoms with Crippen LogP contribution in [0.1, 0.15) is 32.8 Å². The Morgan fingerprint density at radius 1 is 1.24 bits per heavy atom. The maximum Gasteiger partial charge on any atom is 0.247 e. The number of hydrogen-bond donors (Lipinski definition) is 1. The number of benzene rings is 2. The van der Waals surface area contributed by atoms with Gasteiger partial charge in [-0.3, -0.25) is 0 Å². The van der Waals surface area contributed by atoms with Crippen LogP contribution in [0.4, 0.5) is 0 Å². The third kappa shape index (κ3) is 5.56. The molecule has 0 spiro atoms. The fraction of sp³-hybridized carbons (Fsp3) is 0.480. The number of nitriles is 1. The van der Waals surface area contributed by atoms with Gasteiger partial charge in [0.1, 0.15) is 16.7 Å². The van der Waals surface area contributed by atoms with Crippen molar-refractivity contribution in [2.45, 2.75) is 44.2 Å². The highest BCUT2D eigenvalue weighted by molar-refractivity contribution is 7.89. The summed E-state index contributed by atoms with van der Waals surface area (Å²) in [5.41, 5.74) is 2.24. The summed E-state index contributed by atoms with van der Waals surface area (Å²) in [6.45, 7) is 7.42. The molecule has 2 aromatic carbocycles. The lowest BCUT2D eigenvalue weighted by Gasteiger charge is -2.37. The molecule has 1 aliphatic rings. The predicted octanol–water partition coefficient (Wildman–Crippen LogP) is 3.34. The molecule has 0 saturated heterocycles. The Hall–Kier alpha value is -2.44. The van der Waals surface area contributed by atoms with E-state index in [9.17, 15) is 13.5 Å². The molecule has 0 amide bonds. The normalized spacial score (nSPS) is 21.4. The molecule has 0 bridgehead atoms. The number of ether oxygens (including phenoxy) is 1. The molecule has 1 heterocycles. The molecule has 3 rings (SSSR count). The molecular weight excluding hydrogens is 438 g/mol. The first kappa shape index (κ1) is 25.2. The van der Waals surface area contributed by atoms with E-state index in [1.807, 2.05) is 26.1 Å². The van der Waals surface area contributed by atoms with Gasteiger partial charge < -0.3 is 14.7 Å². The Morgan fingerprint density at radius 3 is 2.52 bits per heavy atom. The Balaban J connectivity index is 2.10. The van der Waals surface area contributed by atoms with Crippen LogP contribution in [-0.2, 0) is 10.0 Å². The fourth-order valence-corrected chi connectivity index (χ4v) is 5.97. The number of aliphatic hydroxyl groups is 1. The SMILES string of the molecule is CCCN(C)C[C@@H]1Oc2cc(-c3ccc(C#N)cc3)ccc2S(=O)(=O)N([C@@H](C)CO)C[C@@H]1C. The molecular formula is C25H33N3O4S. The maximum atomic E-state index is 13.6. The quantitative estimate of drug-likeness (QED) is 0.666. The van der Waals surface area contributed by atoms with Gasteiger partial charge in [0.05, 0.1) is 18.2 Å². The average Bonchev–Trinajstić information content (AvgIpc) is 2.80. The summed E-state index contributed by atoms with van der Waals surface area (Å²) in [6.07, 6.45) is 0.791. The molecule has 7 nitrogen and oxygen atoms in total. The smallest absolute Gasteiger partial charge is 0.247 e. The number of fused-ring (bicyclic) bond motifs is 1. The first-order valence-corrected chi connectivity index (χ1v) is 12.8. The summed E-state index contributed by atoms with van der Waals surface area (Å²) in [4.78, 5) is 2.30. The largest absolute Gasteiger partial charge is 0.487 e. The van der Waals surface area contributed by atoms with Crippen molar-refractivity contribution in [2.24, 2.45) is 5.92 Å². The van der Waals surface area contributed by atoms with E-state index in [1.165, 1.54) is 4.31 Å². The van der Waals surface area contributed by atoms with E-state index in [2.05, 4.69) is 17.9 Å². The van der Waals surface area contributed by atoms with Gasteiger partial charge in [-0.05, 0) is 62.3 Å². The topological polar surface area (TPSA) is 93.9 Å². The minimum Gasteiger partial charge on any atom is -0.487 e. The van der Waals surface area contributed by atoms with Gasteiger partial charge in [-0.1, -0.05) is 32.0 Å². The van der Waals surface area contributed by atoms with Crippen LogP contribution in [0.3, 0.4) is 0 Å². The maximum absolute atomic E-state index is 13.6. The van der Waals surface area contributed by atoms with Crippen LogP contribution in [0.25, 0.3) is 11.1 Å². The van der Waals surface area contributed by atoms with Crippen LogP contribution < -0.4 is 4.74 Å². The standard InChI is InChI=1S/C25H33N3O4S/c1-5-12-27(4)16-24-18(2)15-28(19(3)17-29)33(30,31)25-11-10-22(13-23(25)32-24)21-8-6-20(14-26)7-9-21/h6-11,13,18-19,24,29H,5,12,15-17H2,1-4H3/t18-,19-,24-/m0/s1. The number of sulfonamides is 1. The lowest BCUT2D eigenvalue weighted by atomic mass is 10.0.